The van der Waals surface area contributed by atoms with Crippen molar-refractivity contribution in [2.45, 2.75) is 78.3 Å². The van der Waals surface area contributed by atoms with E-state index in [1.807, 2.05) is 11.9 Å². The average molecular weight is 518 g/mol. The Kier molecular flexibility index (Phi) is 8.45. The number of aryl methyl sites for hydroxylation is 1. The highest BCUT2D eigenvalue weighted by molar-refractivity contribution is 7.97. The molecule has 0 fully saturated rings. The fourth-order valence-corrected chi connectivity index (χ4v) is 6.40. The van der Waals surface area contributed by atoms with Crippen LogP contribution >= 0.6 is 11.9 Å². The summed E-state index contributed by atoms with van der Waals surface area (Å²) >= 11 is 1.81. The number of nitrogens with one attached hydrogen (secondary N) is 1. The van der Waals surface area contributed by atoms with Crippen LogP contribution in [-0.4, -0.2) is 23.5 Å². The number of anilines is 2. The lowest BCUT2D eigenvalue weighted by atomic mass is 9.71. The Morgan fingerprint density at radius 1 is 1.08 bits per heavy atom. The van der Waals surface area contributed by atoms with Crippen LogP contribution in [0.25, 0.3) is 0 Å². The first-order chi connectivity index (χ1) is 17.6. The van der Waals surface area contributed by atoms with E-state index in [0.29, 0.717) is 0 Å². The van der Waals surface area contributed by atoms with Crippen LogP contribution in [0.1, 0.15) is 74.8 Å². The van der Waals surface area contributed by atoms with Crippen LogP contribution in [0.5, 0.6) is 5.75 Å². The fraction of sp³-hybridized carbons (Fsp3) is 0.438. The lowest BCUT2D eigenvalue weighted by Crippen LogP contribution is -2.29. The van der Waals surface area contributed by atoms with Crippen molar-refractivity contribution in [3.05, 3.63) is 82.4 Å². The summed E-state index contributed by atoms with van der Waals surface area (Å²) in [5.74, 6) is 1.23. The molecule has 3 aromatic rings. The van der Waals surface area contributed by atoms with Crippen LogP contribution in [0, 0.1) is 19.3 Å². The second-order valence-corrected chi connectivity index (χ2v) is 12.4. The first-order valence-corrected chi connectivity index (χ1v) is 14.3. The van der Waals surface area contributed by atoms with Crippen LogP contribution in [0.3, 0.4) is 0 Å². The molecule has 0 aliphatic carbocycles. The molecule has 1 aliphatic rings. The maximum Gasteiger partial charge on any atom is 0.134 e. The van der Waals surface area contributed by atoms with Crippen molar-refractivity contribution in [1.29, 1.82) is 0 Å². The summed E-state index contributed by atoms with van der Waals surface area (Å²) in [4.78, 5) is 1.19. The molecule has 3 aromatic carbocycles. The van der Waals surface area contributed by atoms with E-state index in [0.717, 1.165) is 43.2 Å². The van der Waals surface area contributed by atoms with Gasteiger partial charge in [0.2, 0.25) is 0 Å². The fourth-order valence-electron chi connectivity index (χ4n) is 5.33. The smallest absolute Gasteiger partial charge is 0.134 e. The van der Waals surface area contributed by atoms with E-state index < -0.39 is 0 Å². The standard InChI is InChI=1S/C32H43N3OS/c1-8-25-20-35(37-29-13-11-10-12-28(29)36-25)19-24-18-23(15-14-21(24)3)30(32(5,6)7)26-16-17-27(34-9-2)31(33)22(26)4/h10-18,25,30,34H,8-9,19-20,33H2,1-7H3/t25-,30?/m1/s1. The summed E-state index contributed by atoms with van der Waals surface area (Å²) in [5.41, 5.74) is 15.0. The zero-order chi connectivity index (χ0) is 26.7. The molecule has 3 N–H and O–H groups in total. The molecular formula is C32H43N3OS. The SMILES string of the molecule is CCNc1ccc(C(c2ccc(C)c(CN3C[C@@H](CC)Oc4ccccc4S3)c2)C(C)(C)C)c(C)c1N. The van der Waals surface area contributed by atoms with Gasteiger partial charge in [-0.05, 0) is 90.6 Å². The van der Waals surface area contributed by atoms with Crippen LogP contribution in [0.15, 0.2) is 59.5 Å². The topological polar surface area (TPSA) is 50.5 Å². The third-order valence-corrected chi connectivity index (χ3v) is 8.46. The molecule has 0 aromatic heterocycles. The van der Waals surface area contributed by atoms with Gasteiger partial charge < -0.3 is 15.8 Å². The maximum atomic E-state index is 6.60. The second kappa shape index (κ2) is 11.4. The summed E-state index contributed by atoms with van der Waals surface area (Å²) < 4.78 is 8.81. The van der Waals surface area contributed by atoms with E-state index >= 15 is 0 Å². The number of hydrogen-bond acceptors (Lipinski definition) is 5. The summed E-state index contributed by atoms with van der Waals surface area (Å²) in [6, 6.07) is 19.8. The molecule has 0 bridgehead atoms. The van der Waals surface area contributed by atoms with Crippen LogP contribution < -0.4 is 15.8 Å². The van der Waals surface area contributed by atoms with Gasteiger partial charge in [0.15, 0.2) is 0 Å². The lowest BCUT2D eigenvalue weighted by Gasteiger charge is -2.34. The number of ether oxygens (including phenoxy) is 1. The Morgan fingerprint density at radius 3 is 2.54 bits per heavy atom. The van der Waals surface area contributed by atoms with Gasteiger partial charge in [0, 0.05) is 25.6 Å². The highest BCUT2D eigenvalue weighted by atomic mass is 32.2. The molecule has 0 amide bonds. The highest BCUT2D eigenvalue weighted by Crippen LogP contribution is 2.45. The Bertz CT molecular complexity index is 1230. The number of fused-ring (bicyclic) bond motifs is 1. The van der Waals surface area contributed by atoms with Crippen molar-refractivity contribution in [2.24, 2.45) is 5.41 Å². The number of nitrogens with two attached hydrogens (primary N) is 1. The molecule has 1 heterocycles. The molecule has 198 valence electrons. The summed E-state index contributed by atoms with van der Waals surface area (Å²) in [5, 5.41) is 3.40. The van der Waals surface area contributed by atoms with Gasteiger partial charge in [-0.3, -0.25) is 0 Å². The molecule has 37 heavy (non-hydrogen) atoms. The van der Waals surface area contributed by atoms with Gasteiger partial charge in [-0.1, -0.05) is 64.1 Å². The molecular weight excluding hydrogens is 474 g/mol. The van der Waals surface area contributed by atoms with Crippen molar-refractivity contribution in [3.8, 4) is 5.75 Å². The van der Waals surface area contributed by atoms with Crippen molar-refractivity contribution in [1.82, 2.24) is 4.31 Å². The number of para-hydroxylation sites is 1. The van der Waals surface area contributed by atoms with E-state index in [9.17, 15) is 0 Å². The molecule has 0 radical (unpaired) electrons. The van der Waals surface area contributed by atoms with E-state index in [1.165, 1.54) is 32.7 Å². The molecule has 0 spiro atoms. The average Bonchev–Trinajstić information content (AvgIpc) is 3.03. The minimum atomic E-state index is 0.0286. The Balaban J connectivity index is 1.70. The van der Waals surface area contributed by atoms with E-state index in [-0.39, 0.29) is 17.4 Å². The summed E-state index contributed by atoms with van der Waals surface area (Å²) in [6.07, 6.45) is 1.17. The van der Waals surface area contributed by atoms with Crippen molar-refractivity contribution < 1.29 is 4.74 Å². The van der Waals surface area contributed by atoms with Crippen molar-refractivity contribution in [3.63, 3.8) is 0 Å². The molecule has 1 aliphatic heterocycles. The van der Waals surface area contributed by atoms with Crippen LogP contribution in [0.4, 0.5) is 11.4 Å². The quantitative estimate of drug-likeness (QED) is 0.244. The predicted molar refractivity (Wildman–Crippen MR) is 160 cm³/mol. The van der Waals surface area contributed by atoms with E-state index in [2.05, 4.69) is 113 Å². The molecule has 5 heteroatoms. The minimum absolute atomic E-state index is 0.0286. The largest absolute Gasteiger partial charge is 0.488 e. The highest BCUT2D eigenvalue weighted by Gasteiger charge is 2.31. The lowest BCUT2D eigenvalue weighted by molar-refractivity contribution is 0.170. The van der Waals surface area contributed by atoms with Gasteiger partial charge in [0.05, 0.1) is 16.3 Å². The maximum absolute atomic E-state index is 6.60. The molecule has 1 unspecified atom stereocenters. The van der Waals surface area contributed by atoms with Crippen LogP contribution in [-0.2, 0) is 6.54 Å². The minimum Gasteiger partial charge on any atom is -0.488 e. The van der Waals surface area contributed by atoms with Gasteiger partial charge in [-0.2, -0.15) is 0 Å². The molecule has 0 saturated carbocycles. The monoisotopic (exact) mass is 517 g/mol. The zero-order valence-electron chi connectivity index (χ0n) is 23.5. The second-order valence-electron chi connectivity index (χ2n) is 11.3. The summed E-state index contributed by atoms with van der Waals surface area (Å²) in [7, 11) is 0. The predicted octanol–water partition coefficient (Wildman–Crippen LogP) is 8.18. The summed E-state index contributed by atoms with van der Waals surface area (Å²) in [6.45, 7) is 18.3. The molecule has 2 atom stereocenters. The number of hydrogen-bond donors (Lipinski definition) is 2. The first kappa shape index (κ1) is 27.4. The number of nitrogens with zero attached hydrogens (tertiary/aromatic N) is 1. The first-order valence-electron chi connectivity index (χ1n) is 13.5. The Morgan fingerprint density at radius 2 is 1.84 bits per heavy atom. The number of nitrogen functional groups attached to an aromatic ring is 1. The molecule has 4 nitrogen and oxygen atoms in total. The zero-order valence-corrected chi connectivity index (χ0v) is 24.3. The van der Waals surface area contributed by atoms with E-state index in [1.54, 1.807) is 0 Å². The number of benzene rings is 3. The van der Waals surface area contributed by atoms with Gasteiger partial charge >= 0.3 is 0 Å². The molecule has 0 saturated heterocycles. The van der Waals surface area contributed by atoms with Gasteiger partial charge in [-0.25, -0.2) is 4.31 Å². The van der Waals surface area contributed by atoms with Gasteiger partial charge in [0.1, 0.15) is 11.9 Å². The Hall–Kier alpha value is -2.63. The normalized spacial score (nSPS) is 17.0. The van der Waals surface area contributed by atoms with Crippen LogP contribution in [0.2, 0.25) is 0 Å². The third-order valence-electron chi connectivity index (χ3n) is 7.39. The third kappa shape index (κ3) is 6.10. The Labute approximate surface area is 228 Å². The van der Waals surface area contributed by atoms with Crippen molar-refractivity contribution in [2.75, 3.05) is 24.1 Å². The van der Waals surface area contributed by atoms with E-state index in [4.69, 9.17) is 10.5 Å². The molecule has 4 rings (SSSR count). The van der Waals surface area contributed by atoms with Gasteiger partial charge in [0.25, 0.3) is 0 Å². The van der Waals surface area contributed by atoms with Crippen molar-refractivity contribution >= 4 is 23.3 Å². The van der Waals surface area contributed by atoms with Gasteiger partial charge in [-0.15, -0.1) is 0 Å². The number of rotatable bonds is 7.